The molecule has 27 heavy (non-hydrogen) atoms. The van der Waals surface area contributed by atoms with Gasteiger partial charge in [-0.3, -0.25) is 4.79 Å². The van der Waals surface area contributed by atoms with E-state index in [2.05, 4.69) is 17.2 Å². The van der Waals surface area contributed by atoms with Gasteiger partial charge in [0, 0.05) is 27.9 Å². The van der Waals surface area contributed by atoms with Crippen LogP contribution in [-0.4, -0.2) is 21.0 Å². The van der Waals surface area contributed by atoms with Crippen LogP contribution in [0.4, 0.5) is 11.5 Å². The number of anilines is 2. The number of benzene rings is 1. The summed E-state index contributed by atoms with van der Waals surface area (Å²) >= 11 is 1.62. The molecule has 140 valence electrons. The lowest BCUT2D eigenvalue weighted by molar-refractivity contribution is -0.142. The van der Waals surface area contributed by atoms with Gasteiger partial charge >= 0.3 is 5.97 Å². The predicted molar refractivity (Wildman–Crippen MR) is 110 cm³/mol. The molecular weight excluding hydrogens is 358 g/mol. The lowest BCUT2D eigenvalue weighted by Gasteiger charge is -2.20. The van der Waals surface area contributed by atoms with Crippen molar-refractivity contribution in [3.05, 3.63) is 57.9 Å². The number of nitrogens with zero attached hydrogens (tertiary/aromatic N) is 2. The van der Waals surface area contributed by atoms with Crippen LogP contribution in [0, 0.1) is 6.92 Å². The van der Waals surface area contributed by atoms with Crippen molar-refractivity contribution in [2.24, 2.45) is 0 Å². The van der Waals surface area contributed by atoms with Crippen LogP contribution < -0.4 is 5.32 Å². The van der Waals surface area contributed by atoms with Crippen molar-refractivity contribution in [2.75, 3.05) is 5.32 Å². The monoisotopic (exact) mass is 381 g/mol. The van der Waals surface area contributed by atoms with E-state index >= 15 is 0 Å². The molecule has 0 saturated carbocycles. The highest BCUT2D eigenvalue weighted by molar-refractivity contribution is 7.08. The van der Waals surface area contributed by atoms with Gasteiger partial charge in [0.25, 0.3) is 0 Å². The third-order valence-electron chi connectivity index (χ3n) is 4.75. The highest BCUT2D eigenvalue weighted by atomic mass is 32.1. The van der Waals surface area contributed by atoms with E-state index in [0.29, 0.717) is 5.82 Å². The second-order valence-corrected chi connectivity index (χ2v) is 7.74. The first-order chi connectivity index (χ1) is 12.8. The maximum atomic E-state index is 11.4. The Balaban J connectivity index is 1.94. The molecule has 6 heteroatoms. The van der Waals surface area contributed by atoms with E-state index in [0.717, 1.165) is 40.3 Å². The maximum Gasteiger partial charge on any atom is 0.313 e. The van der Waals surface area contributed by atoms with E-state index in [4.69, 9.17) is 4.98 Å². The fraction of sp³-hybridized carbons (Fsp3) is 0.286. The normalized spacial score (nSPS) is 11.4. The summed E-state index contributed by atoms with van der Waals surface area (Å²) in [6.45, 7) is 7.49. The molecule has 3 rings (SSSR count). The van der Waals surface area contributed by atoms with E-state index in [1.165, 1.54) is 0 Å². The highest BCUT2D eigenvalue weighted by Gasteiger charge is 2.29. The summed E-state index contributed by atoms with van der Waals surface area (Å²) in [5, 5.41) is 16.8. The zero-order chi connectivity index (χ0) is 19.6. The van der Waals surface area contributed by atoms with E-state index in [1.807, 2.05) is 48.0 Å². The standard InChI is InChI=1S/C21H23N3O2S/c1-5-17-13(2)22-18(14-10-11-27-12-14)24-19(17)23-16-8-6-15(7-9-16)21(3,4)20(25)26/h6-12H,5H2,1-4H3,(H,25,26)(H,22,23,24). The van der Waals surface area contributed by atoms with Gasteiger partial charge in [-0.05, 0) is 56.3 Å². The van der Waals surface area contributed by atoms with Crippen LogP contribution in [0.2, 0.25) is 0 Å². The first-order valence-corrected chi connectivity index (χ1v) is 9.78. The van der Waals surface area contributed by atoms with E-state index < -0.39 is 11.4 Å². The van der Waals surface area contributed by atoms with Gasteiger partial charge < -0.3 is 10.4 Å². The molecule has 5 nitrogen and oxygen atoms in total. The largest absolute Gasteiger partial charge is 0.481 e. The Morgan fingerprint density at radius 1 is 1.19 bits per heavy atom. The molecule has 2 N–H and O–H groups in total. The topological polar surface area (TPSA) is 75.1 Å². The Morgan fingerprint density at radius 2 is 1.89 bits per heavy atom. The molecule has 0 aliphatic heterocycles. The molecule has 2 aromatic heterocycles. The van der Waals surface area contributed by atoms with Gasteiger partial charge in [-0.2, -0.15) is 11.3 Å². The Bertz CT molecular complexity index is 948. The minimum Gasteiger partial charge on any atom is -0.481 e. The summed E-state index contributed by atoms with van der Waals surface area (Å²) in [5.74, 6) is 0.650. The van der Waals surface area contributed by atoms with Crippen LogP contribution in [0.3, 0.4) is 0 Å². The summed E-state index contributed by atoms with van der Waals surface area (Å²) in [5.41, 5.74) is 3.74. The first-order valence-electron chi connectivity index (χ1n) is 8.84. The molecule has 0 saturated heterocycles. The first kappa shape index (κ1) is 19.0. The number of nitrogens with one attached hydrogen (secondary N) is 1. The van der Waals surface area contributed by atoms with Gasteiger partial charge in [0.05, 0.1) is 5.41 Å². The second kappa shape index (κ2) is 7.48. The zero-order valence-corrected chi connectivity index (χ0v) is 16.7. The molecule has 1 aromatic carbocycles. The van der Waals surface area contributed by atoms with E-state index in [9.17, 15) is 9.90 Å². The lowest BCUT2D eigenvalue weighted by atomic mass is 9.85. The number of carbonyl (C=O) groups is 1. The molecule has 0 amide bonds. The van der Waals surface area contributed by atoms with Crippen LogP contribution in [0.5, 0.6) is 0 Å². The van der Waals surface area contributed by atoms with E-state index in [1.54, 1.807) is 25.2 Å². The Labute approximate surface area is 163 Å². The number of aryl methyl sites for hydroxylation is 1. The number of rotatable bonds is 6. The third-order valence-corrected chi connectivity index (χ3v) is 5.43. The van der Waals surface area contributed by atoms with Gasteiger partial charge in [-0.25, -0.2) is 9.97 Å². The van der Waals surface area contributed by atoms with Crippen molar-refractivity contribution in [1.82, 2.24) is 9.97 Å². The fourth-order valence-electron chi connectivity index (χ4n) is 2.87. The molecule has 0 unspecified atom stereocenters. The summed E-state index contributed by atoms with van der Waals surface area (Å²) in [6.07, 6.45) is 0.822. The highest BCUT2D eigenvalue weighted by Crippen LogP contribution is 2.29. The number of carboxylic acid groups (broad SMARTS) is 1. The Hall–Kier alpha value is -2.73. The number of hydrogen-bond donors (Lipinski definition) is 2. The molecule has 0 atom stereocenters. The Kier molecular flexibility index (Phi) is 5.28. The second-order valence-electron chi connectivity index (χ2n) is 6.96. The van der Waals surface area contributed by atoms with Crippen molar-refractivity contribution in [1.29, 1.82) is 0 Å². The van der Waals surface area contributed by atoms with Crippen LogP contribution in [0.25, 0.3) is 11.4 Å². The maximum absolute atomic E-state index is 11.4. The van der Waals surface area contributed by atoms with Crippen LogP contribution in [0.1, 0.15) is 37.6 Å². The third kappa shape index (κ3) is 3.85. The van der Waals surface area contributed by atoms with Gasteiger partial charge in [-0.15, -0.1) is 0 Å². The molecule has 0 spiro atoms. The molecule has 3 aromatic rings. The van der Waals surface area contributed by atoms with Crippen LogP contribution >= 0.6 is 11.3 Å². The van der Waals surface area contributed by atoms with Gasteiger partial charge in [-0.1, -0.05) is 19.1 Å². The summed E-state index contributed by atoms with van der Waals surface area (Å²) in [7, 11) is 0. The molecule has 0 radical (unpaired) electrons. The molecule has 0 bridgehead atoms. The molecule has 0 fully saturated rings. The zero-order valence-electron chi connectivity index (χ0n) is 15.9. The number of carboxylic acids is 1. The van der Waals surface area contributed by atoms with Crippen molar-refractivity contribution in [3.63, 3.8) is 0 Å². The van der Waals surface area contributed by atoms with Crippen molar-refractivity contribution < 1.29 is 9.90 Å². The van der Waals surface area contributed by atoms with Gasteiger partial charge in [0.15, 0.2) is 5.82 Å². The minimum absolute atomic E-state index is 0.706. The van der Waals surface area contributed by atoms with E-state index in [-0.39, 0.29) is 0 Å². The van der Waals surface area contributed by atoms with Crippen molar-refractivity contribution in [2.45, 2.75) is 39.5 Å². The van der Waals surface area contributed by atoms with Crippen molar-refractivity contribution >= 4 is 28.8 Å². The number of aliphatic carboxylic acids is 1. The number of aromatic nitrogens is 2. The van der Waals surface area contributed by atoms with Crippen LogP contribution in [-0.2, 0) is 16.6 Å². The summed E-state index contributed by atoms with van der Waals surface area (Å²) in [6, 6.07) is 9.48. The average molecular weight is 382 g/mol. The lowest BCUT2D eigenvalue weighted by Crippen LogP contribution is -2.28. The van der Waals surface area contributed by atoms with Gasteiger partial charge in [0.1, 0.15) is 5.82 Å². The quantitative estimate of drug-likeness (QED) is 0.615. The summed E-state index contributed by atoms with van der Waals surface area (Å²) in [4.78, 5) is 20.8. The van der Waals surface area contributed by atoms with Crippen molar-refractivity contribution in [3.8, 4) is 11.4 Å². The number of hydrogen-bond acceptors (Lipinski definition) is 5. The average Bonchev–Trinajstić information content (AvgIpc) is 3.16. The smallest absolute Gasteiger partial charge is 0.313 e. The molecule has 0 aliphatic carbocycles. The Morgan fingerprint density at radius 3 is 2.44 bits per heavy atom. The molecule has 0 aliphatic rings. The fourth-order valence-corrected chi connectivity index (χ4v) is 3.51. The summed E-state index contributed by atoms with van der Waals surface area (Å²) < 4.78 is 0. The molecular formula is C21H23N3O2S. The number of thiophene rings is 1. The SMILES string of the molecule is CCc1c(C)nc(-c2ccsc2)nc1Nc1ccc(C(C)(C)C(=O)O)cc1. The van der Waals surface area contributed by atoms with Crippen LogP contribution in [0.15, 0.2) is 41.1 Å². The predicted octanol–water partition coefficient (Wildman–Crippen LogP) is 5.18. The minimum atomic E-state index is -0.926. The molecule has 2 heterocycles. The van der Waals surface area contributed by atoms with Gasteiger partial charge in [0.2, 0.25) is 0 Å².